The van der Waals surface area contributed by atoms with E-state index in [4.69, 9.17) is 0 Å². The van der Waals surface area contributed by atoms with Crippen molar-refractivity contribution in [3.63, 3.8) is 0 Å². The molecule has 0 aliphatic carbocycles. The first-order chi connectivity index (χ1) is 15.0. The van der Waals surface area contributed by atoms with Crippen molar-refractivity contribution in [2.45, 2.75) is 32.7 Å². The fourth-order valence-electron chi connectivity index (χ4n) is 5.12. The molecule has 1 aromatic heterocycles. The monoisotopic (exact) mass is 420 g/mol. The van der Waals surface area contributed by atoms with Crippen LogP contribution in [0.4, 0.5) is 5.69 Å². The summed E-state index contributed by atoms with van der Waals surface area (Å²) in [6.45, 7) is 10.1. The molecule has 0 N–H and O–H groups in total. The Morgan fingerprint density at radius 3 is 2.77 bits per heavy atom. The van der Waals surface area contributed by atoms with Crippen LogP contribution in [0.2, 0.25) is 0 Å². The summed E-state index contributed by atoms with van der Waals surface area (Å²) in [6, 6.07) is 6.07. The number of anilines is 1. The standard InChI is InChI=1S/C24H32N6O/c1-17-10-19(11-23(31)18(2)29-8-6-28(3)7-9-29)15-30(14-17)22-5-4-20(12-25)24-21(22)13-26-16-27-24/h4-5,13,16-19H,6-11,14-15H2,1-3H3/t17-,18+,19-/m0/s1. The van der Waals surface area contributed by atoms with E-state index in [0.29, 0.717) is 35.1 Å². The Bertz CT molecular complexity index is 978. The number of Topliss-reactive ketones (excluding diaryl/α,β-unsaturated/α-hetero) is 1. The molecule has 0 saturated carbocycles. The number of carbonyl (C=O) groups excluding carboxylic acids is 1. The van der Waals surface area contributed by atoms with Crippen LogP contribution < -0.4 is 4.90 Å². The summed E-state index contributed by atoms with van der Waals surface area (Å²) in [6.07, 6.45) is 4.99. The summed E-state index contributed by atoms with van der Waals surface area (Å²) < 4.78 is 0. The summed E-state index contributed by atoms with van der Waals surface area (Å²) in [5.41, 5.74) is 2.33. The van der Waals surface area contributed by atoms with Crippen molar-refractivity contribution in [1.82, 2.24) is 19.8 Å². The number of piperazine rings is 1. The SMILES string of the molecule is C[C@H]1C[C@@H](CC(=O)[C@@H](C)N2CCN(C)CC2)CN(c2ccc(C#N)c3ncncc23)C1. The van der Waals surface area contributed by atoms with Crippen molar-refractivity contribution in [3.8, 4) is 6.07 Å². The first-order valence-electron chi connectivity index (χ1n) is 11.3. The number of fused-ring (bicyclic) bond motifs is 1. The van der Waals surface area contributed by atoms with E-state index >= 15 is 0 Å². The molecule has 4 rings (SSSR count). The van der Waals surface area contributed by atoms with Gasteiger partial charge in [-0.05, 0) is 44.4 Å². The van der Waals surface area contributed by atoms with Crippen LogP contribution in [0.3, 0.4) is 0 Å². The molecule has 31 heavy (non-hydrogen) atoms. The number of likely N-dealkylation sites (N-methyl/N-ethyl adjacent to an activating group) is 1. The molecule has 2 aliphatic rings. The molecule has 0 radical (unpaired) electrons. The molecule has 0 amide bonds. The van der Waals surface area contributed by atoms with Crippen LogP contribution in [0.5, 0.6) is 0 Å². The molecule has 2 fully saturated rings. The Kier molecular flexibility index (Phi) is 6.49. The predicted molar refractivity (Wildman–Crippen MR) is 122 cm³/mol. The summed E-state index contributed by atoms with van der Waals surface area (Å²) in [5, 5.41) is 10.3. The maximum atomic E-state index is 13.1. The zero-order valence-corrected chi connectivity index (χ0v) is 18.8. The van der Waals surface area contributed by atoms with Gasteiger partial charge in [-0.25, -0.2) is 9.97 Å². The number of carbonyl (C=O) groups is 1. The molecule has 3 atom stereocenters. The van der Waals surface area contributed by atoms with Crippen molar-refractivity contribution in [3.05, 3.63) is 30.2 Å². The largest absolute Gasteiger partial charge is 0.370 e. The van der Waals surface area contributed by atoms with Crippen LogP contribution in [0.15, 0.2) is 24.7 Å². The highest BCUT2D eigenvalue weighted by atomic mass is 16.1. The molecule has 3 heterocycles. The van der Waals surface area contributed by atoms with Gasteiger partial charge < -0.3 is 9.80 Å². The lowest BCUT2D eigenvalue weighted by molar-refractivity contribution is -0.125. The highest BCUT2D eigenvalue weighted by Crippen LogP contribution is 2.33. The molecular formula is C24H32N6O. The predicted octanol–water partition coefficient (Wildman–Crippen LogP) is 2.56. The van der Waals surface area contributed by atoms with Gasteiger partial charge in [-0.2, -0.15) is 5.26 Å². The molecule has 7 nitrogen and oxygen atoms in total. The third-order valence-corrected chi connectivity index (χ3v) is 6.90. The quantitative estimate of drug-likeness (QED) is 0.736. The molecule has 0 spiro atoms. The van der Waals surface area contributed by atoms with Gasteiger partial charge in [0.1, 0.15) is 18.2 Å². The Labute approximate surface area is 184 Å². The Hall–Kier alpha value is -2.56. The van der Waals surface area contributed by atoms with Gasteiger partial charge in [0, 0.05) is 63.0 Å². The van der Waals surface area contributed by atoms with Gasteiger partial charge in [-0.3, -0.25) is 9.69 Å². The number of hydrogen-bond acceptors (Lipinski definition) is 7. The second-order valence-electron chi connectivity index (χ2n) is 9.33. The van der Waals surface area contributed by atoms with E-state index in [1.165, 1.54) is 6.33 Å². The fraction of sp³-hybridized carbons (Fsp3) is 0.583. The molecule has 0 bridgehead atoms. The third kappa shape index (κ3) is 4.70. The lowest BCUT2D eigenvalue weighted by atomic mass is 9.85. The van der Waals surface area contributed by atoms with E-state index in [-0.39, 0.29) is 6.04 Å². The zero-order chi connectivity index (χ0) is 22.0. The minimum absolute atomic E-state index is 0.0106. The average molecular weight is 421 g/mol. The molecule has 2 aliphatic heterocycles. The first-order valence-corrected chi connectivity index (χ1v) is 11.3. The van der Waals surface area contributed by atoms with Gasteiger partial charge in [0.15, 0.2) is 0 Å². The lowest BCUT2D eigenvalue weighted by Crippen LogP contribution is -2.51. The van der Waals surface area contributed by atoms with Gasteiger partial charge in [0.25, 0.3) is 0 Å². The van der Waals surface area contributed by atoms with Crippen LogP contribution >= 0.6 is 0 Å². The van der Waals surface area contributed by atoms with E-state index in [1.54, 1.807) is 6.20 Å². The third-order valence-electron chi connectivity index (χ3n) is 6.90. The van der Waals surface area contributed by atoms with Crippen LogP contribution in [-0.4, -0.2) is 77.9 Å². The molecule has 1 aromatic carbocycles. The number of hydrogen-bond donors (Lipinski definition) is 0. The van der Waals surface area contributed by atoms with Gasteiger partial charge in [-0.15, -0.1) is 0 Å². The topological polar surface area (TPSA) is 76.4 Å². The first kappa shape index (κ1) is 21.7. The Balaban J connectivity index is 1.48. The molecule has 164 valence electrons. The second kappa shape index (κ2) is 9.29. The highest BCUT2D eigenvalue weighted by molar-refractivity contribution is 5.94. The Morgan fingerprint density at radius 2 is 2.03 bits per heavy atom. The number of benzene rings is 1. The van der Waals surface area contributed by atoms with Crippen LogP contribution in [0.1, 0.15) is 32.3 Å². The van der Waals surface area contributed by atoms with E-state index in [1.807, 2.05) is 12.1 Å². The van der Waals surface area contributed by atoms with Gasteiger partial charge >= 0.3 is 0 Å². The minimum Gasteiger partial charge on any atom is -0.370 e. The second-order valence-corrected chi connectivity index (χ2v) is 9.33. The maximum absolute atomic E-state index is 13.1. The minimum atomic E-state index is -0.0106. The summed E-state index contributed by atoms with van der Waals surface area (Å²) >= 11 is 0. The van der Waals surface area contributed by atoms with Crippen molar-refractivity contribution in [2.24, 2.45) is 11.8 Å². The molecule has 2 aromatic rings. The van der Waals surface area contributed by atoms with E-state index in [9.17, 15) is 10.1 Å². The van der Waals surface area contributed by atoms with Crippen molar-refractivity contribution in [1.29, 1.82) is 5.26 Å². The van der Waals surface area contributed by atoms with Crippen molar-refractivity contribution in [2.75, 3.05) is 51.2 Å². The number of nitrogens with zero attached hydrogens (tertiary/aromatic N) is 6. The number of piperidine rings is 1. The van der Waals surface area contributed by atoms with Gasteiger partial charge in [0.05, 0.1) is 17.1 Å². The lowest BCUT2D eigenvalue weighted by Gasteiger charge is -2.39. The molecule has 7 heteroatoms. The van der Waals surface area contributed by atoms with E-state index in [0.717, 1.165) is 56.8 Å². The highest BCUT2D eigenvalue weighted by Gasteiger charge is 2.31. The number of nitriles is 1. The van der Waals surface area contributed by atoms with Crippen molar-refractivity contribution < 1.29 is 4.79 Å². The fourth-order valence-corrected chi connectivity index (χ4v) is 5.12. The summed E-state index contributed by atoms with van der Waals surface area (Å²) in [5.74, 6) is 1.19. The van der Waals surface area contributed by atoms with Crippen molar-refractivity contribution >= 4 is 22.4 Å². The van der Waals surface area contributed by atoms with Gasteiger partial charge in [0.2, 0.25) is 0 Å². The molecule has 0 unspecified atom stereocenters. The van der Waals surface area contributed by atoms with E-state index < -0.39 is 0 Å². The summed E-state index contributed by atoms with van der Waals surface area (Å²) in [7, 11) is 2.14. The van der Waals surface area contributed by atoms with Crippen LogP contribution in [0.25, 0.3) is 10.9 Å². The maximum Gasteiger partial charge on any atom is 0.150 e. The van der Waals surface area contributed by atoms with Crippen LogP contribution in [-0.2, 0) is 4.79 Å². The number of rotatable bonds is 5. The normalized spacial score (nSPS) is 24.1. The number of aromatic nitrogens is 2. The zero-order valence-electron chi connectivity index (χ0n) is 18.8. The van der Waals surface area contributed by atoms with Crippen LogP contribution in [0, 0.1) is 23.2 Å². The average Bonchev–Trinajstić information content (AvgIpc) is 2.78. The molecular weight excluding hydrogens is 388 g/mol. The molecule has 2 saturated heterocycles. The van der Waals surface area contributed by atoms with Gasteiger partial charge in [-0.1, -0.05) is 6.92 Å². The summed E-state index contributed by atoms with van der Waals surface area (Å²) in [4.78, 5) is 28.7. The number of ketones is 1. The smallest absolute Gasteiger partial charge is 0.150 e. The van der Waals surface area contributed by atoms with E-state index in [2.05, 4.69) is 51.6 Å². The Morgan fingerprint density at radius 1 is 1.26 bits per heavy atom.